The quantitative estimate of drug-likeness (QED) is 0.785. The van der Waals surface area contributed by atoms with Crippen LogP contribution in [-0.2, 0) is 4.79 Å². The lowest BCUT2D eigenvalue weighted by molar-refractivity contribution is -0.124. The highest BCUT2D eigenvalue weighted by molar-refractivity contribution is 6.35. The van der Waals surface area contributed by atoms with Crippen molar-refractivity contribution < 1.29 is 14.3 Å². The smallest absolute Gasteiger partial charge is 0.258 e. The second-order valence-electron chi connectivity index (χ2n) is 7.09. The van der Waals surface area contributed by atoms with Gasteiger partial charge >= 0.3 is 0 Å². The lowest BCUT2D eigenvalue weighted by Crippen LogP contribution is -2.42. The predicted molar refractivity (Wildman–Crippen MR) is 103 cm³/mol. The van der Waals surface area contributed by atoms with Crippen LogP contribution in [0.25, 0.3) is 0 Å². The van der Waals surface area contributed by atoms with Gasteiger partial charge in [0.25, 0.3) is 5.91 Å². The molecular weight excluding hydrogens is 373 g/mol. The van der Waals surface area contributed by atoms with Gasteiger partial charge in [-0.2, -0.15) is 0 Å². The van der Waals surface area contributed by atoms with E-state index in [9.17, 15) is 4.79 Å². The van der Waals surface area contributed by atoms with Crippen LogP contribution in [0.1, 0.15) is 37.4 Å². The minimum atomic E-state index is -0.361. The van der Waals surface area contributed by atoms with E-state index >= 15 is 0 Å². The fraction of sp³-hybridized carbons (Fsp3) is 0.350. The van der Waals surface area contributed by atoms with Crippen molar-refractivity contribution in [1.82, 2.24) is 5.32 Å². The molecule has 2 aromatic rings. The maximum atomic E-state index is 12.4. The number of fused-ring (bicyclic) bond motifs is 1. The summed E-state index contributed by atoms with van der Waals surface area (Å²) in [6.45, 7) is 5.92. The van der Waals surface area contributed by atoms with Crippen LogP contribution in [0.3, 0.4) is 0 Å². The average Bonchev–Trinajstić information content (AvgIpc) is 2.54. The van der Waals surface area contributed by atoms with Gasteiger partial charge < -0.3 is 14.8 Å². The molecule has 138 valence electrons. The van der Waals surface area contributed by atoms with Crippen LogP contribution >= 0.6 is 23.2 Å². The van der Waals surface area contributed by atoms with Crippen LogP contribution in [0.15, 0.2) is 36.4 Å². The van der Waals surface area contributed by atoms with Crippen molar-refractivity contribution in [2.75, 3.05) is 6.61 Å². The molecule has 0 saturated carbocycles. The highest BCUT2D eigenvalue weighted by Gasteiger charge is 2.34. The first kappa shape index (κ1) is 18.9. The van der Waals surface area contributed by atoms with Crippen molar-refractivity contribution >= 4 is 29.1 Å². The van der Waals surface area contributed by atoms with E-state index in [-0.39, 0.29) is 24.2 Å². The fourth-order valence-electron chi connectivity index (χ4n) is 3.07. The number of nitrogens with one attached hydrogen (secondary N) is 1. The molecule has 26 heavy (non-hydrogen) atoms. The summed E-state index contributed by atoms with van der Waals surface area (Å²) >= 11 is 11.9. The Morgan fingerprint density at radius 2 is 2.04 bits per heavy atom. The van der Waals surface area contributed by atoms with Gasteiger partial charge in [0, 0.05) is 17.0 Å². The molecule has 0 unspecified atom stereocenters. The third-order valence-corrected chi connectivity index (χ3v) is 4.74. The van der Waals surface area contributed by atoms with E-state index in [4.69, 9.17) is 32.7 Å². The molecule has 1 N–H and O–H groups in total. The zero-order valence-corrected chi connectivity index (χ0v) is 16.4. The number of benzene rings is 2. The molecule has 1 atom stereocenters. The normalized spacial score (nSPS) is 17.8. The van der Waals surface area contributed by atoms with E-state index < -0.39 is 0 Å². The van der Waals surface area contributed by atoms with Crippen LogP contribution in [0.4, 0.5) is 0 Å². The molecule has 6 heteroatoms. The zero-order valence-electron chi connectivity index (χ0n) is 14.9. The number of carbonyl (C=O) groups is 1. The van der Waals surface area contributed by atoms with Crippen LogP contribution in [-0.4, -0.2) is 18.1 Å². The van der Waals surface area contributed by atoms with Crippen LogP contribution in [0.5, 0.6) is 11.5 Å². The Hall–Kier alpha value is -1.91. The molecule has 0 spiro atoms. The first-order valence-corrected chi connectivity index (χ1v) is 9.16. The Bertz CT molecular complexity index is 836. The van der Waals surface area contributed by atoms with Crippen LogP contribution in [0, 0.1) is 6.92 Å². The van der Waals surface area contributed by atoms with E-state index in [2.05, 4.69) is 5.32 Å². The molecule has 0 saturated heterocycles. The molecular formula is C20H21Cl2NO3. The Morgan fingerprint density at radius 1 is 1.27 bits per heavy atom. The number of aryl methyl sites for hydroxylation is 1. The van der Waals surface area contributed by atoms with Crippen molar-refractivity contribution in [1.29, 1.82) is 0 Å². The summed E-state index contributed by atoms with van der Waals surface area (Å²) in [5.41, 5.74) is 1.75. The number of hydrogen-bond acceptors (Lipinski definition) is 3. The monoisotopic (exact) mass is 393 g/mol. The molecule has 3 rings (SSSR count). The third kappa shape index (κ3) is 4.43. The fourth-order valence-corrected chi connectivity index (χ4v) is 3.54. The summed E-state index contributed by atoms with van der Waals surface area (Å²) in [4.78, 5) is 12.4. The van der Waals surface area contributed by atoms with Gasteiger partial charge in [-0.05, 0) is 45.0 Å². The van der Waals surface area contributed by atoms with Crippen molar-refractivity contribution in [3.8, 4) is 11.5 Å². The largest absolute Gasteiger partial charge is 0.487 e. The summed E-state index contributed by atoms with van der Waals surface area (Å²) in [6.07, 6.45) is 0.677. The van der Waals surface area contributed by atoms with Gasteiger partial charge in [0.2, 0.25) is 0 Å². The summed E-state index contributed by atoms with van der Waals surface area (Å²) in [5, 5.41) is 3.94. The van der Waals surface area contributed by atoms with Gasteiger partial charge in [-0.25, -0.2) is 0 Å². The third-order valence-electron chi connectivity index (χ3n) is 4.21. The van der Waals surface area contributed by atoms with E-state index in [0.29, 0.717) is 22.2 Å². The van der Waals surface area contributed by atoms with Crippen LogP contribution < -0.4 is 14.8 Å². The Morgan fingerprint density at radius 3 is 2.77 bits per heavy atom. The summed E-state index contributed by atoms with van der Waals surface area (Å²) in [6, 6.07) is 10.8. The standard InChI is InChI=1S/C20H21Cl2NO3/c1-12-4-6-17-14(8-12)16(10-20(2,3)26-17)23-19(24)11-25-18-7-5-13(21)9-15(18)22/h4-9,16H,10-11H2,1-3H3,(H,23,24)/t16-/m0/s1. The van der Waals surface area contributed by atoms with Crippen LogP contribution in [0.2, 0.25) is 10.0 Å². The summed E-state index contributed by atoms with van der Waals surface area (Å²) in [7, 11) is 0. The zero-order chi connectivity index (χ0) is 18.9. The van der Waals surface area contributed by atoms with Gasteiger partial charge in [0.05, 0.1) is 11.1 Å². The van der Waals surface area contributed by atoms with Crippen molar-refractivity contribution in [2.45, 2.75) is 38.8 Å². The van der Waals surface area contributed by atoms with Gasteiger partial charge in [-0.3, -0.25) is 4.79 Å². The lowest BCUT2D eigenvalue weighted by Gasteiger charge is -2.38. The molecule has 1 heterocycles. The molecule has 2 aromatic carbocycles. The molecule has 0 bridgehead atoms. The Balaban J connectivity index is 1.70. The van der Waals surface area contributed by atoms with Gasteiger partial charge in [0.1, 0.15) is 17.1 Å². The number of carbonyl (C=O) groups excluding carboxylic acids is 1. The second-order valence-corrected chi connectivity index (χ2v) is 7.93. The Kier molecular flexibility index (Phi) is 5.35. The van der Waals surface area contributed by atoms with Crippen molar-refractivity contribution in [2.24, 2.45) is 0 Å². The molecule has 4 nitrogen and oxygen atoms in total. The first-order chi connectivity index (χ1) is 12.2. The average molecular weight is 394 g/mol. The number of amides is 1. The summed E-state index contributed by atoms with van der Waals surface area (Å²) < 4.78 is 11.6. The maximum Gasteiger partial charge on any atom is 0.258 e. The SMILES string of the molecule is Cc1ccc2c(c1)[C@@H](NC(=O)COc1ccc(Cl)cc1Cl)CC(C)(C)O2. The highest BCUT2D eigenvalue weighted by Crippen LogP contribution is 2.39. The second kappa shape index (κ2) is 7.37. The van der Waals surface area contributed by atoms with Crippen molar-refractivity contribution in [3.63, 3.8) is 0 Å². The molecule has 0 aromatic heterocycles. The number of rotatable bonds is 4. The van der Waals surface area contributed by atoms with E-state index in [1.54, 1.807) is 18.2 Å². The molecule has 1 amide bonds. The van der Waals surface area contributed by atoms with Gasteiger partial charge in [0.15, 0.2) is 6.61 Å². The van der Waals surface area contributed by atoms with E-state index in [1.165, 1.54) is 0 Å². The molecule has 1 aliphatic rings. The molecule has 0 fully saturated rings. The Labute approximate surface area is 163 Å². The minimum Gasteiger partial charge on any atom is -0.487 e. The number of ether oxygens (including phenoxy) is 2. The van der Waals surface area contributed by atoms with Crippen molar-refractivity contribution in [3.05, 3.63) is 57.6 Å². The lowest BCUT2D eigenvalue weighted by atomic mass is 9.89. The van der Waals surface area contributed by atoms with E-state index in [0.717, 1.165) is 16.9 Å². The number of hydrogen-bond donors (Lipinski definition) is 1. The molecule has 0 aliphatic carbocycles. The topological polar surface area (TPSA) is 47.6 Å². The van der Waals surface area contributed by atoms with Gasteiger partial charge in [-0.15, -0.1) is 0 Å². The maximum absolute atomic E-state index is 12.4. The summed E-state index contributed by atoms with van der Waals surface area (Å²) in [5.74, 6) is 1.01. The minimum absolute atomic E-state index is 0.125. The molecule has 1 aliphatic heterocycles. The predicted octanol–water partition coefficient (Wildman–Crippen LogP) is 5.10. The molecule has 0 radical (unpaired) electrons. The van der Waals surface area contributed by atoms with Gasteiger partial charge in [-0.1, -0.05) is 40.9 Å². The first-order valence-electron chi connectivity index (χ1n) is 8.40. The number of halogens is 2. The van der Waals surface area contributed by atoms with E-state index in [1.807, 2.05) is 39.0 Å². The highest BCUT2D eigenvalue weighted by atomic mass is 35.5.